The lowest BCUT2D eigenvalue weighted by atomic mass is 10.0. The molecule has 0 amide bonds. The van der Waals surface area contributed by atoms with Gasteiger partial charge < -0.3 is 16.6 Å². The van der Waals surface area contributed by atoms with E-state index in [1.54, 1.807) is 0 Å². The van der Waals surface area contributed by atoms with Crippen molar-refractivity contribution in [2.24, 2.45) is 5.73 Å². The highest BCUT2D eigenvalue weighted by Crippen LogP contribution is 2.32. The zero-order chi connectivity index (χ0) is 10.7. The summed E-state index contributed by atoms with van der Waals surface area (Å²) in [6.07, 6.45) is 1.64. The fourth-order valence-electron chi connectivity index (χ4n) is 1.37. The Labute approximate surface area is 94.7 Å². The highest BCUT2D eigenvalue weighted by molar-refractivity contribution is 5.85. The van der Waals surface area contributed by atoms with Gasteiger partial charge in [0.25, 0.3) is 0 Å². The number of phenolic OH excluding ortho intramolecular Hbond substituents is 1. The summed E-state index contributed by atoms with van der Waals surface area (Å²) in [4.78, 5) is 0. The summed E-state index contributed by atoms with van der Waals surface area (Å²) in [7, 11) is 0. The van der Waals surface area contributed by atoms with E-state index in [4.69, 9.17) is 11.5 Å². The van der Waals surface area contributed by atoms with E-state index in [2.05, 4.69) is 0 Å². The molecular weight excluding hydrogens is 219 g/mol. The predicted molar refractivity (Wildman–Crippen MR) is 61.6 cm³/mol. The zero-order valence-electron chi connectivity index (χ0n) is 8.53. The molecule has 86 valence electrons. The highest BCUT2D eigenvalue weighted by atomic mass is 35.5. The monoisotopic (exact) mass is 234 g/mol. The highest BCUT2D eigenvalue weighted by Gasteiger charge is 2.14. The van der Waals surface area contributed by atoms with E-state index in [1.165, 1.54) is 12.1 Å². The Bertz CT molecular complexity index is 333. The molecule has 5 heteroatoms. The van der Waals surface area contributed by atoms with Crippen LogP contribution in [0.2, 0.25) is 0 Å². The maximum absolute atomic E-state index is 12.9. The third-order valence-electron chi connectivity index (χ3n) is 2.19. The first-order valence-corrected chi connectivity index (χ1v) is 4.60. The van der Waals surface area contributed by atoms with E-state index in [0.717, 1.165) is 12.8 Å². The minimum Gasteiger partial charge on any atom is -0.505 e. The van der Waals surface area contributed by atoms with Crippen molar-refractivity contribution in [2.75, 3.05) is 5.73 Å². The summed E-state index contributed by atoms with van der Waals surface area (Å²) in [5, 5.41) is 9.53. The van der Waals surface area contributed by atoms with Gasteiger partial charge in [0.15, 0.2) is 0 Å². The SMILES string of the molecule is CCC[C@@H](N)c1ccc(F)c(N)c1O.Cl. The van der Waals surface area contributed by atoms with Crippen molar-refractivity contribution in [2.45, 2.75) is 25.8 Å². The van der Waals surface area contributed by atoms with Gasteiger partial charge in [0, 0.05) is 11.6 Å². The number of anilines is 1. The molecule has 0 spiro atoms. The normalized spacial score (nSPS) is 11.9. The van der Waals surface area contributed by atoms with Gasteiger partial charge in [-0.25, -0.2) is 4.39 Å². The lowest BCUT2D eigenvalue weighted by Gasteiger charge is -2.13. The number of phenols is 1. The number of nitrogen functional groups attached to an aromatic ring is 1. The summed E-state index contributed by atoms with van der Waals surface area (Å²) in [6, 6.07) is 2.41. The number of benzene rings is 1. The van der Waals surface area contributed by atoms with Gasteiger partial charge in [-0.3, -0.25) is 0 Å². The number of hydrogen-bond acceptors (Lipinski definition) is 3. The van der Waals surface area contributed by atoms with Gasteiger partial charge in [0.1, 0.15) is 17.3 Å². The van der Waals surface area contributed by atoms with Crippen molar-refractivity contribution < 1.29 is 9.50 Å². The van der Waals surface area contributed by atoms with E-state index in [0.29, 0.717) is 5.56 Å². The molecule has 0 radical (unpaired) electrons. The van der Waals surface area contributed by atoms with E-state index in [9.17, 15) is 9.50 Å². The third kappa shape index (κ3) is 2.97. The van der Waals surface area contributed by atoms with E-state index in [1.807, 2.05) is 6.92 Å². The van der Waals surface area contributed by atoms with Crippen LogP contribution >= 0.6 is 12.4 Å². The molecule has 1 aromatic rings. The van der Waals surface area contributed by atoms with Crippen LogP contribution in [0.15, 0.2) is 12.1 Å². The molecule has 0 unspecified atom stereocenters. The number of halogens is 2. The molecule has 3 nitrogen and oxygen atoms in total. The van der Waals surface area contributed by atoms with Crippen LogP contribution in [0.25, 0.3) is 0 Å². The first-order valence-electron chi connectivity index (χ1n) is 4.60. The van der Waals surface area contributed by atoms with Crippen molar-refractivity contribution in [1.82, 2.24) is 0 Å². The molecule has 0 aliphatic carbocycles. The molecule has 0 heterocycles. The van der Waals surface area contributed by atoms with Crippen molar-refractivity contribution >= 4 is 18.1 Å². The Morgan fingerprint density at radius 1 is 1.47 bits per heavy atom. The lowest BCUT2D eigenvalue weighted by Crippen LogP contribution is -2.11. The minimum atomic E-state index is -0.616. The fraction of sp³-hybridized carbons (Fsp3) is 0.400. The standard InChI is InChI=1S/C10H15FN2O.ClH/c1-2-3-8(12)6-4-5-7(11)9(13)10(6)14;/h4-5,8,14H,2-3,12-13H2,1H3;1H/t8-;/m1./s1. The Hall–Kier alpha value is -1.00. The van der Waals surface area contributed by atoms with Crippen molar-refractivity contribution in [3.05, 3.63) is 23.5 Å². The summed E-state index contributed by atoms with van der Waals surface area (Å²) < 4.78 is 12.9. The maximum atomic E-state index is 12.9. The summed E-state index contributed by atoms with van der Waals surface area (Å²) in [5.74, 6) is -0.846. The van der Waals surface area contributed by atoms with Crippen molar-refractivity contribution in [3.63, 3.8) is 0 Å². The van der Waals surface area contributed by atoms with E-state index in [-0.39, 0.29) is 29.9 Å². The molecule has 15 heavy (non-hydrogen) atoms. The largest absolute Gasteiger partial charge is 0.505 e. The van der Waals surface area contributed by atoms with E-state index < -0.39 is 5.82 Å². The number of rotatable bonds is 3. The Morgan fingerprint density at radius 2 is 2.07 bits per heavy atom. The summed E-state index contributed by atoms with van der Waals surface area (Å²) in [5.41, 5.74) is 11.4. The molecule has 0 saturated carbocycles. The van der Waals surface area contributed by atoms with Crippen LogP contribution in [0, 0.1) is 5.82 Å². The number of aromatic hydroxyl groups is 1. The van der Waals surface area contributed by atoms with Crippen LogP contribution in [0.4, 0.5) is 10.1 Å². The minimum absolute atomic E-state index is 0. The summed E-state index contributed by atoms with van der Waals surface area (Å²) in [6.45, 7) is 1.99. The van der Waals surface area contributed by atoms with Gasteiger partial charge in [-0.2, -0.15) is 0 Å². The first kappa shape index (κ1) is 14.0. The van der Waals surface area contributed by atoms with E-state index >= 15 is 0 Å². The molecule has 1 atom stereocenters. The molecule has 0 aliphatic rings. The van der Waals surface area contributed by atoms with Crippen LogP contribution in [-0.2, 0) is 0 Å². The van der Waals surface area contributed by atoms with Crippen LogP contribution in [0.1, 0.15) is 31.4 Å². The van der Waals surface area contributed by atoms with Crippen LogP contribution < -0.4 is 11.5 Å². The number of hydrogen-bond donors (Lipinski definition) is 3. The average Bonchev–Trinajstić information content (AvgIpc) is 2.15. The van der Waals surface area contributed by atoms with Crippen molar-refractivity contribution in [3.8, 4) is 5.75 Å². The number of nitrogens with two attached hydrogens (primary N) is 2. The van der Waals surface area contributed by atoms with Gasteiger partial charge in [-0.05, 0) is 12.5 Å². The molecule has 0 bridgehead atoms. The quantitative estimate of drug-likeness (QED) is 0.555. The molecule has 5 N–H and O–H groups in total. The second kappa shape index (κ2) is 5.78. The predicted octanol–water partition coefficient (Wildman–Crippen LogP) is 2.34. The second-order valence-corrected chi connectivity index (χ2v) is 3.29. The molecule has 1 rings (SSSR count). The molecule has 0 aliphatic heterocycles. The summed E-state index contributed by atoms with van der Waals surface area (Å²) >= 11 is 0. The Kier molecular flexibility index (Phi) is 5.39. The van der Waals surface area contributed by atoms with Gasteiger partial charge in [-0.1, -0.05) is 19.4 Å². The molecule has 0 aromatic heterocycles. The van der Waals surface area contributed by atoms with Crippen LogP contribution in [0.3, 0.4) is 0 Å². The molecule has 0 fully saturated rings. The topological polar surface area (TPSA) is 72.3 Å². The fourth-order valence-corrected chi connectivity index (χ4v) is 1.37. The average molecular weight is 235 g/mol. The Balaban J connectivity index is 0.00000196. The molecular formula is C10H16ClFN2O. The van der Waals surface area contributed by atoms with Crippen LogP contribution in [-0.4, -0.2) is 5.11 Å². The second-order valence-electron chi connectivity index (χ2n) is 3.29. The van der Waals surface area contributed by atoms with Gasteiger partial charge in [-0.15, -0.1) is 12.4 Å². The van der Waals surface area contributed by atoms with Gasteiger partial charge in [0.05, 0.1) is 0 Å². The molecule has 1 aromatic carbocycles. The Morgan fingerprint density at radius 3 is 2.60 bits per heavy atom. The van der Waals surface area contributed by atoms with Crippen molar-refractivity contribution in [1.29, 1.82) is 0 Å². The van der Waals surface area contributed by atoms with Gasteiger partial charge in [0.2, 0.25) is 0 Å². The first-order chi connectivity index (χ1) is 6.57. The molecule has 0 saturated heterocycles. The maximum Gasteiger partial charge on any atom is 0.149 e. The third-order valence-corrected chi connectivity index (χ3v) is 2.19. The zero-order valence-corrected chi connectivity index (χ0v) is 9.35. The smallest absolute Gasteiger partial charge is 0.149 e. The van der Waals surface area contributed by atoms with Crippen LogP contribution in [0.5, 0.6) is 5.75 Å². The lowest BCUT2D eigenvalue weighted by molar-refractivity contribution is 0.456. The van der Waals surface area contributed by atoms with Gasteiger partial charge >= 0.3 is 0 Å².